The van der Waals surface area contributed by atoms with Gasteiger partial charge >= 0.3 is 5.97 Å². The number of nitrogens with one attached hydrogen (secondary N) is 2. The van der Waals surface area contributed by atoms with Crippen molar-refractivity contribution in [2.75, 3.05) is 18.1 Å². The fourth-order valence-electron chi connectivity index (χ4n) is 1.87. The first-order valence-corrected chi connectivity index (χ1v) is 7.96. The van der Waals surface area contributed by atoms with Gasteiger partial charge in [-0.05, 0) is 44.5 Å². The highest BCUT2D eigenvalue weighted by Crippen LogP contribution is 2.16. The molecule has 0 saturated heterocycles. The molecule has 0 aliphatic rings. The second-order valence-corrected chi connectivity index (χ2v) is 7.19. The lowest BCUT2D eigenvalue weighted by Crippen LogP contribution is -2.47. The van der Waals surface area contributed by atoms with Gasteiger partial charge in [0.05, 0.1) is 11.8 Å². The summed E-state index contributed by atoms with van der Waals surface area (Å²) < 4.78 is 25.0. The van der Waals surface area contributed by atoms with E-state index in [9.17, 15) is 13.2 Å². The Labute approximate surface area is 119 Å². The monoisotopic (exact) mass is 300 g/mol. The van der Waals surface area contributed by atoms with Gasteiger partial charge in [-0.1, -0.05) is 0 Å². The fourth-order valence-corrected chi connectivity index (χ4v) is 2.95. The number of aromatic carboxylic acids is 1. The van der Waals surface area contributed by atoms with Gasteiger partial charge in [-0.3, -0.25) is 0 Å². The Hall–Kier alpha value is -1.60. The number of aryl methyl sites for hydroxylation is 1. The highest BCUT2D eigenvalue weighted by atomic mass is 32.2. The predicted molar refractivity (Wildman–Crippen MR) is 78.7 cm³/mol. The molecule has 0 aliphatic heterocycles. The van der Waals surface area contributed by atoms with Crippen molar-refractivity contribution in [1.82, 2.24) is 4.72 Å². The second kappa shape index (κ2) is 5.80. The standard InChI is InChI=1S/C13H20N2O4S/c1-9-7-10(5-6-11(9)12(16)17)14-8-13(2,3)15-20(4,18)19/h5-7,14-15H,8H2,1-4H3,(H,16,17). The maximum absolute atomic E-state index is 11.2. The van der Waals surface area contributed by atoms with Crippen molar-refractivity contribution in [2.45, 2.75) is 26.3 Å². The number of anilines is 1. The molecule has 0 bridgehead atoms. The zero-order valence-electron chi connectivity index (χ0n) is 12.0. The molecule has 1 rings (SSSR count). The van der Waals surface area contributed by atoms with Crippen molar-refractivity contribution in [3.8, 4) is 0 Å². The number of rotatable bonds is 6. The van der Waals surface area contributed by atoms with E-state index in [-0.39, 0.29) is 5.56 Å². The number of hydrogen-bond donors (Lipinski definition) is 3. The summed E-state index contributed by atoms with van der Waals surface area (Å²) in [7, 11) is -3.28. The molecule has 112 valence electrons. The number of benzene rings is 1. The van der Waals surface area contributed by atoms with E-state index >= 15 is 0 Å². The molecule has 0 atom stereocenters. The summed E-state index contributed by atoms with van der Waals surface area (Å²) in [5.41, 5.74) is 1.00. The van der Waals surface area contributed by atoms with E-state index < -0.39 is 21.5 Å². The van der Waals surface area contributed by atoms with Crippen molar-refractivity contribution < 1.29 is 18.3 Å². The summed E-state index contributed by atoms with van der Waals surface area (Å²) in [5, 5.41) is 12.0. The van der Waals surface area contributed by atoms with Crippen LogP contribution in [0.4, 0.5) is 5.69 Å². The Balaban J connectivity index is 2.76. The van der Waals surface area contributed by atoms with E-state index in [2.05, 4.69) is 10.0 Å². The lowest BCUT2D eigenvalue weighted by Gasteiger charge is -2.26. The van der Waals surface area contributed by atoms with Crippen LogP contribution in [-0.2, 0) is 10.0 Å². The molecule has 1 aromatic rings. The molecule has 0 heterocycles. The van der Waals surface area contributed by atoms with Gasteiger partial charge in [0.1, 0.15) is 0 Å². The molecule has 0 aliphatic carbocycles. The maximum Gasteiger partial charge on any atom is 0.335 e. The Morgan fingerprint density at radius 2 is 1.95 bits per heavy atom. The molecule has 0 unspecified atom stereocenters. The van der Waals surface area contributed by atoms with Gasteiger partial charge in [-0.15, -0.1) is 0 Å². The second-order valence-electron chi connectivity index (χ2n) is 5.45. The fraction of sp³-hybridized carbons (Fsp3) is 0.462. The van der Waals surface area contributed by atoms with Crippen molar-refractivity contribution in [2.24, 2.45) is 0 Å². The van der Waals surface area contributed by atoms with Crippen LogP contribution in [0.25, 0.3) is 0 Å². The van der Waals surface area contributed by atoms with E-state index in [0.717, 1.165) is 11.9 Å². The molecular formula is C13H20N2O4S. The largest absolute Gasteiger partial charge is 0.478 e. The molecular weight excluding hydrogens is 280 g/mol. The first kappa shape index (κ1) is 16.5. The van der Waals surface area contributed by atoms with Gasteiger partial charge in [-0.25, -0.2) is 17.9 Å². The number of carbonyl (C=O) groups is 1. The predicted octanol–water partition coefficient (Wildman–Crippen LogP) is 1.43. The number of hydrogen-bond acceptors (Lipinski definition) is 4. The molecule has 6 nitrogen and oxygen atoms in total. The number of carboxylic acid groups (broad SMARTS) is 1. The van der Waals surface area contributed by atoms with E-state index in [0.29, 0.717) is 12.1 Å². The summed E-state index contributed by atoms with van der Waals surface area (Å²) in [6.45, 7) is 5.62. The highest BCUT2D eigenvalue weighted by molar-refractivity contribution is 7.88. The Morgan fingerprint density at radius 3 is 2.40 bits per heavy atom. The molecule has 20 heavy (non-hydrogen) atoms. The highest BCUT2D eigenvalue weighted by Gasteiger charge is 2.21. The lowest BCUT2D eigenvalue weighted by atomic mass is 10.1. The molecule has 0 aromatic heterocycles. The molecule has 1 aromatic carbocycles. The Bertz CT molecular complexity index is 609. The van der Waals surface area contributed by atoms with Crippen LogP contribution < -0.4 is 10.0 Å². The molecule has 0 fully saturated rings. The van der Waals surface area contributed by atoms with Gasteiger partial charge in [0, 0.05) is 17.8 Å². The third-order valence-corrected chi connectivity index (χ3v) is 3.58. The summed E-state index contributed by atoms with van der Waals surface area (Å²) in [4.78, 5) is 10.9. The van der Waals surface area contributed by atoms with Crippen LogP contribution >= 0.6 is 0 Å². The van der Waals surface area contributed by atoms with E-state index in [1.807, 2.05) is 0 Å². The van der Waals surface area contributed by atoms with Crippen molar-refractivity contribution in [3.63, 3.8) is 0 Å². The Kier molecular flexibility index (Phi) is 4.77. The van der Waals surface area contributed by atoms with Gasteiger partial charge in [0.15, 0.2) is 0 Å². The zero-order valence-corrected chi connectivity index (χ0v) is 12.8. The average Bonchev–Trinajstić information content (AvgIpc) is 2.22. The average molecular weight is 300 g/mol. The lowest BCUT2D eigenvalue weighted by molar-refractivity contribution is 0.0696. The minimum Gasteiger partial charge on any atom is -0.478 e. The van der Waals surface area contributed by atoms with Crippen LogP contribution in [0.1, 0.15) is 29.8 Å². The van der Waals surface area contributed by atoms with Crippen LogP contribution in [0.15, 0.2) is 18.2 Å². The van der Waals surface area contributed by atoms with Gasteiger partial charge < -0.3 is 10.4 Å². The van der Waals surface area contributed by atoms with Crippen LogP contribution in [0.5, 0.6) is 0 Å². The van der Waals surface area contributed by atoms with Crippen LogP contribution in [-0.4, -0.2) is 37.8 Å². The van der Waals surface area contributed by atoms with Gasteiger partial charge in [-0.2, -0.15) is 0 Å². The molecule has 0 saturated carbocycles. The minimum absolute atomic E-state index is 0.254. The SMILES string of the molecule is Cc1cc(NCC(C)(C)NS(C)(=O)=O)ccc1C(=O)O. The molecule has 0 amide bonds. The first-order chi connectivity index (χ1) is 9.00. The summed E-state index contributed by atoms with van der Waals surface area (Å²) in [5.74, 6) is -0.965. The zero-order chi connectivity index (χ0) is 15.6. The quantitative estimate of drug-likeness (QED) is 0.738. The summed E-state index contributed by atoms with van der Waals surface area (Å²) in [6, 6.07) is 4.91. The van der Waals surface area contributed by atoms with E-state index in [4.69, 9.17) is 5.11 Å². The van der Waals surface area contributed by atoms with Crippen LogP contribution in [0.2, 0.25) is 0 Å². The minimum atomic E-state index is -3.28. The van der Waals surface area contributed by atoms with Gasteiger partial charge in [0.2, 0.25) is 10.0 Å². The third-order valence-electron chi connectivity index (χ3n) is 2.65. The van der Waals surface area contributed by atoms with Gasteiger partial charge in [0.25, 0.3) is 0 Å². The molecule has 3 N–H and O–H groups in total. The molecule has 7 heteroatoms. The first-order valence-electron chi connectivity index (χ1n) is 6.07. The van der Waals surface area contributed by atoms with Crippen molar-refractivity contribution >= 4 is 21.7 Å². The Morgan fingerprint density at radius 1 is 1.35 bits per heavy atom. The molecule has 0 radical (unpaired) electrons. The maximum atomic E-state index is 11.2. The van der Waals surface area contributed by atoms with Crippen molar-refractivity contribution in [3.05, 3.63) is 29.3 Å². The number of sulfonamides is 1. The number of carboxylic acids is 1. The molecule has 0 spiro atoms. The van der Waals surface area contributed by atoms with Crippen LogP contribution in [0.3, 0.4) is 0 Å². The topological polar surface area (TPSA) is 95.5 Å². The van der Waals surface area contributed by atoms with Crippen LogP contribution in [0, 0.1) is 6.92 Å². The van der Waals surface area contributed by atoms with E-state index in [1.54, 1.807) is 32.9 Å². The summed E-state index contributed by atoms with van der Waals surface area (Å²) in [6.07, 6.45) is 1.11. The van der Waals surface area contributed by atoms with Crippen molar-refractivity contribution in [1.29, 1.82) is 0 Å². The normalized spacial score (nSPS) is 12.2. The summed E-state index contributed by atoms with van der Waals surface area (Å²) >= 11 is 0. The smallest absolute Gasteiger partial charge is 0.335 e. The van der Waals surface area contributed by atoms with E-state index in [1.165, 1.54) is 6.07 Å². The third kappa shape index (κ3) is 5.18.